The highest BCUT2D eigenvalue weighted by Gasteiger charge is 2.52. The predicted molar refractivity (Wildman–Crippen MR) is 44.1 cm³/mol. The van der Waals surface area contributed by atoms with Crippen molar-refractivity contribution in [1.29, 1.82) is 0 Å². The molecule has 2 unspecified atom stereocenters. The second kappa shape index (κ2) is 1.77. The molecule has 2 aliphatic carbocycles. The Balaban J connectivity index is 2.41. The second-order valence-electron chi connectivity index (χ2n) is 4.40. The molecule has 0 aromatic heterocycles. The van der Waals surface area contributed by atoms with E-state index in [-0.39, 0.29) is 5.41 Å². The predicted octanol–water partition coefficient (Wildman–Crippen LogP) is 2.18. The van der Waals surface area contributed by atoms with Crippen LogP contribution in [-0.4, -0.2) is 5.78 Å². The van der Waals surface area contributed by atoms with E-state index in [0.29, 0.717) is 17.6 Å². The Morgan fingerprint density at radius 2 is 2.18 bits per heavy atom. The van der Waals surface area contributed by atoms with Crippen molar-refractivity contribution in [3.63, 3.8) is 0 Å². The maximum absolute atomic E-state index is 11.4. The summed E-state index contributed by atoms with van der Waals surface area (Å²) >= 11 is 0. The van der Waals surface area contributed by atoms with Gasteiger partial charge in [-0.15, -0.1) is 0 Å². The number of ketones is 1. The maximum Gasteiger partial charge on any atom is 0.137 e. The third kappa shape index (κ3) is 0.688. The van der Waals surface area contributed by atoms with Gasteiger partial charge in [-0.25, -0.2) is 0 Å². The number of allylic oxidation sites excluding steroid dienone is 1. The van der Waals surface area contributed by atoms with Crippen LogP contribution in [0.2, 0.25) is 0 Å². The second-order valence-corrected chi connectivity index (χ2v) is 4.40. The monoisotopic (exact) mass is 150 g/mol. The van der Waals surface area contributed by atoms with E-state index < -0.39 is 0 Å². The SMILES string of the molecule is C=C1C2CC(=O)C(C2)C1(C)C. The third-order valence-corrected chi connectivity index (χ3v) is 3.55. The topological polar surface area (TPSA) is 17.1 Å². The van der Waals surface area contributed by atoms with Crippen molar-refractivity contribution >= 4 is 5.78 Å². The molecule has 1 heteroatoms. The fraction of sp³-hybridized carbons (Fsp3) is 0.700. The largest absolute Gasteiger partial charge is 0.299 e. The number of hydrogen-bond donors (Lipinski definition) is 0. The number of carbonyl (C=O) groups is 1. The number of fused-ring (bicyclic) bond motifs is 2. The van der Waals surface area contributed by atoms with Gasteiger partial charge in [0.1, 0.15) is 5.78 Å². The first-order chi connectivity index (χ1) is 5.03. The van der Waals surface area contributed by atoms with Gasteiger partial charge in [0.15, 0.2) is 0 Å². The van der Waals surface area contributed by atoms with Crippen LogP contribution < -0.4 is 0 Å². The lowest BCUT2D eigenvalue weighted by molar-refractivity contribution is -0.123. The fourth-order valence-electron chi connectivity index (χ4n) is 2.60. The summed E-state index contributed by atoms with van der Waals surface area (Å²) in [4.78, 5) is 11.4. The summed E-state index contributed by atoms with van der Waals surface area (Å²) in [5.41, 5.74) is 1.40. The summed E-state index contributed by atoms with van der Waals surface area (Å²) < 4.78 is 0. The average molecular weight is 150 g/mol. The minimum atomic E-state index is 0.0972. The summed E-state index contributed by atoms with van der Waals surface area (Å²) in [6, 6.07) is 0. The van der Waals surface area contributed by atoms with Crippen LogP contribution >= 0.6 is 0 Å². The summed E-state index contributed by atoms with van der Waals surface area (Å²) in [5.74, 6) is 1.27. The number of rotatable bonds is 0. The van der Waals surface area contributed by atoms with Crippen molar-refractivity contribution in [3.05, 3.63) is 12.2 Å². The van der Waals surface area contributed by atoms with E-state index >= 15 is 0 Å². The molecule has 0 N–H and O–H groups in total. The standard InChI is InChI=1S/C10H14O/c1-6-7-4-8(9(11)5-7)10(6,2)3/h7-8H,1,4-5H2,2-3H3. The quantitative estimate of drug-likeness (QED) is 0.484. The first-order valence-electron chi connectivity index (χ1n) is 4.25. The summed E-state index contributed by atoms with van der Waals surface area (Å²) in [5, 5.41) is 0. The molecule has 1 nitrogen and oxygen atoms in total. The molecule has 2 atom stereocenters. The normalized spacial score (nSPS) is 40.2. The molecule has 60 valence electrons. The van der Waals surface area contributed by atoms with Gasteiger partial charge in [0.05, 0.1) is 0 Å². The molecule has 0 aromatic rings. The molecule has 0 heterocycles. The molecule has 2 bridgehead atoms. The summed E-state index contributed by atoms with van der Waals surface area (Å²) in [7, 11) is 0. The summed E-state index contributed by atoms with van der Waals surface area (Å²) in [6.45, 7) is 8.37. The first kappa shape index (κ1) is 7.08. The van der Waals surface area contributed by atoms with Crippen molar-refractivity contribution in [2.24, 2.45) is 17.3 Å². The van der Waals surface area contributed by atoms with Gasteiger partial charge in [-0.05, 0) is 17.8 Å². The van der Waals surface area contributed by atoms with E-state index in [2.05, 4.69) is 20.4 Å². The Morgan fingerprint density at radius 1 is 1.55 bits per heavy atom. The van der Waals surface area contributed by atoms with Gasteiger partial charge < -0.3 is 0 Å². The zero-order chi connectivity index (χ0) is 8.22. The molecule has 2 saturated carbocycles. The van der Waals surface area contributed by atoms with Crippen molar-refractivity contribution < 1.29 is 4.79 Å². The zero-order valence-electron chi connectivity index (χ0n) is 7.18. The summed E-state index contributed by atoms with van der Waals surface area (Å²) in [6.07, 6.45) is 1.84. The van der Waals surface area contributed by atoms with Crippen LogP contribution in [0, 0.1) is 17.3 Å². The van der Waals surface area contributed by atoms with E-state index in [4.69, 9.17) is 0 Å². The molecule has 2 rings (SSSR count). The lowest BCUT2D eigenvalue weighted by Gasteiger charge is -2.30. The highest BCUT2D eigenvalue weighted by molar-refractivity contribution is 5.87. The van der Waals surface area contributed by atoms with Gasteiger partial charge >= 0.3 is 0 Å². The van der Waals surface area contributed by atoms with Crippen LogP contribution in [0.15, 0.2) is 12.2 Å². The van der Waals surface area contributed by atoms with Gasteiger partial charge in [-0.1, -0.05) is 26.0 Å². The lowest BCUT2D eigenvalue weighted by Crippen LogP contribution is -2.28. The molecule has 0 amide bonds. The molecule has 2 fully saturated rings. The highest BCUT2D eigenvalue weighted by Crippen LogP contribution is 2.56. The van der Waals surface area contributed by atoms with Gasteiger partial charge in [0.25, 0.3) is 0 Å². The smallest absolute Gasteiger partial charge is 0.137 e. The third-order valence-electron chi connectivity index (χ3n) is 3.55. The minimum absolute atomic E-state index is 0.0972. The van der Waals surface area contributed by atoms with Crippen LogP contribution in [0.4, 0.5) is 0 Å². The molecular weight excluding hydrogens is 136 g/mol. The molecule has 0 radical (unpaired) electrons. The molecule has 0 aliphatic heterocycles. The molecule has 0 aromatic carbocycles. The fourth-order valence-corrected chi connectivity index (χ4v) is 2.60. The van der Waals surface area contributed by atoms with Crippen molar-refractivity contribution in [2.75, 3.05) is 0 Å². The molecule has 0 spiro atoms. The number of Topliss-reactive ketones (excluding diaryl/α,β-unsaturated/α-hetero) is 1. The number of hydrogen-bond acceptors (Lipinski definition) is 1. The Labute approximate surface area is 67.5 Å². The van der Waals surface area contributed by atoms with E-state index in [1.807, 2.05) is 0 Å². The van der Waals surface area contributed by atoms with Gasteiger partial charge in [0, 0.05) is 12.3 Å². The van der Waals surface area contributed by atoms with Crippen molar-refractivity contribution in [3.8, 4) is 0 Å². The molecule has 2 aliphatic rings. The average Bonchev–Trinajstić information content (AvgIpc) is 2.35. The van der Waals surface area contributed by atoms with Crippen LogP contribution in [0.5, 0.6) is 0 Å². The molecule has 0 saturated heterocycles. The van der Waals surface area contributed by atoms with Crippen LogP contribution in [0.25, 0.3) is 0 Å². The van der Waals surface area contributed by atoms with E-state index in [9.17, 15) is 4.79 Å². The van der Waals surface area contributed by atoms with Crippen LogP contribution in [0.3, 0.4) is 0 Å². The van der Waals surface area contributed by atoms with Crippen LogP contribution in [-0.2, 0) is 4.79 Å². The zero-order valence-corrected chi connectivity index (χ0v) is 7.18. The van der Waals surface area contributed by atoms with Gasteiger partial charge in [-0.2, -0.15) is 0 Å². The number of carbonyl (C=O) groups excluding carboxylic acids is 1. The molecule has 11 heavy (non-hydrogen) atoms. The Kier molecular flexibility index (Phi) is 1.14. The van der Waals surface area contributed by atoms with Crippen molar-refractivity contribution in [1.82, 2.24) is 0 Å². The Bertz CT molecular complexity index is 237. The van der Waals surface area contributed by atoms with Crippen LogP contribution in [0.1, 0.15) is 26.7 Å². The molecular formula is C10H14O. The van der Waals surface area contributed by atoms with Crippen molar-refractivity contribution in [2.45, 2.75) is 26.7 Å². The van der Waals surface area contributed by atoms with E-state index in [1.54, 1.807) is 0 Å². The van der Waals surface area contributed by atoms with Gasteiger partial charge in [-0.3, -0.25) is 4.79 Å². The van der Waals surface area contributed by atoms with E-state index in [0.717, 1.165) is 12.8 Å². The van der Waals surface area contributed by atoms with Gasteiger partial charge in [0.2, 0.25) is 0 Å². The first-order valence-corrected chi connectivity index (χ1v) is 4.25. The highest BCUT2D eigenvalue weighted by atomic mass is 16.1. The van der Waals surface area contributed by atoms with E-state index in [1.165, 1.54) is 5.57 Å². The maximum atomic E-state index is 11.4. The minimum Gasteiger partial charge on any atom is -0.299 e. The Hall–Kier alpha value is -0.590. The Morgan fingerprint density at radius 3 is 2.55 bits per heavy atom. The lowest BCUT2D eigenvalue weighted by atomic mass is 9.73.